The molecule has 0 aromatic heterocycles. The van der Waals surface area contributed by atoms with E-state index in [1.165, 1.54) is 5.56 Å². The number of rotatable bonds is 14. The molecule has 6 nitrogen and oxygen atoms in total. The number of aliphatic hydroxyl groups is 1. The zero-order valence-corrected chi connectivity index (χ0v) is 25.4. The summed E-state index contributed by atoms with van der Waals surface area (Å²) in [6, 6.07) is 33.9. The minimum absolute atomic E-state index is 0. The van der Waals surface area contributed by atoms with Crippen LogP contribution >= 0.6 is 12.2 Å². The molecule has 43 heavy (non-hydrogen) atoms. The number of ether oxygens (including phenoxy) is 3. The van der Waals surface area contributed by atoms with E-state index in [2.05, 4.69) is 34.9 Å². The van der Waals surface area contributed by atoms with Crippen LogP contribution in [0, 0.1) is 0 Å². The van der Waals surface area contributed by atoms with Gasteiger partial charge in [0.05, 0.1) is 19.8 Å². The molecular formula is C35H43N2NaO4S. The van der Waals surface area contributed by atoms with Gasteiger partial charge < -0.3 is 30.0 Å². The van der Waals surface area contributed by atoms with Crippen molar-refractivity contribution in [1.29, 1.82) is 0 Å². The number of unbranched alkanes of at least 4 members (excludes halogenated alkanes) is 1. The maximum absolute atomic E-state index is 8.85. The number of benzene rings is 4. The van der Waals surface area contributed by atoms with Crippen molar-refractivity contribution in [2.75, 3.05) is 37.1 Å². The molecule has 0 amide bonds. The summed E-state index contributed by atoms with van der Waals surface area (Å²) in [5.41, 5.74) is 4.35. The summed E-state index contributed by atoms with van der Waals surface area (Å²) in [6.07, 6.45) is 4.02. The fraction of sp³-hybridized carbons (Fsp3) is 0.286. The third-order valence-electron chi connectivity index (χ3n) is 6.14. The predicted octanol–water partition coefficient (Wildman–Crippen LogP) is 7.27. The number of thiocarbonyl (C=S) groups is 1. The second kappa shape index (κ2) is 21.6. The molecule has 0 atom stereocenters. The van der Waals surface area contributed by atoms with Gasteiger partial charge in [0.2, 0.25) is 0 Å². The van der Waals surface area contributed by atoms with Crippen LogP contribution in [0.5, 0.6) is 17.2 Å². The van der Waals surface area contributed by atoms with E-state index in [-0.39, 0.29) is 36.2 Å². The fourth-order valence-corrected chi connectivity index (χ4v) is 4.28. The number of hydrogen-bond donors (Lipinski definition) is 3. The van der Waals surface area contributed by atoms with Crippen molar-refractivity contribution in [3.63, 3.8) is 0 Å². The minimum atomic E-state index is 0. The third kappa shape index (κ3) is 14.8. The first-order valence-electron chi connectivity index (χ1n) is 14.5. The second-order valence-corrected chi connectivity index (χ2v) is 9.81. The van der Waals surface area contributed by atoms with E-state index in [0.29, 0.717) is 24.7 Å². The summed E-state index contributed by atoms with van der Waals surface area (Å²) >= 11 is 5.30. The van der Waals surface area contributed by atoms with Gasteiger partial charge in [-0.3, -0.25) is 0 Å². The van der Waals surface area contributed by atoms with Crippen molar-refractivity contribution in [3.05, 3.63) is 114 Å². The number of anilines is 2. The van der Waals surface area contributed by atoms with Crippen LogP contribution in [-0.2, 0) is 12.8 Å². The molecule has 0 radical (unpaired) electrons. The number of aliphatic hydroxyl groups excluding tert-OH is 1. The van der Waals surface area contributed by atoms with Gasteiger partial charge in [0.25, 0.3) is 0 Å². The summed E-state index contributed by atoms with van der Waals surface area (Å²) in [7, 11) is 0. The molecule has 8 heteroatoms. The summed E-state index contributed by atoms with van der Waals surface area (Å²) in [5, 5.41) is 15.7. The van der Waals surface area contributed by atoms with Gasteiger partial charge >= 0.3 is 29.6 Å². The molecule has 0 aliphatic rings. The number of aryl methyl sites for hydroxylation is 1. The van der Waals surface area contributed by atoms with Crippen LogP contribution in [0.4, 0.5) is 11.4 Å². The molecule has 0 fully saturated rings. The van der Waals surface area contributed by atoms with Gasteiger partial charge in [0.15, 0.2) is 5.11 Å². The average Bonchev–Trinajstić information content (AvgIpc) is 3.01. The Bertz CT molecular complexity index is 1230. The predicted molar refractivity (Wildman–Crippen MR) is 184 cm³/mol. The normalized spacial score (nSPS) is 9.93. The van der Waals surface area contributed by atoms with E-state index in [4.69, 9.17) is 31.5 Å². The van der Waals surface area contributed by atoms with Crippen molar-refractivity contribution >= 4 is 58.3 Å². The molecule has 0 heterocycles. The SMILES string of the molecule is CCOc1ccc(NC(=S)Nc2ccc(OCC)cc2)cc1.OCCc1ccc(OCCCCc2ccccc2)cc1.[NaH]. The van der Waals surface area contributed by atoms with E-state index in [0.717, 1.165) is 60.1 Å². The van der Waals surface area contributed by atoms with Gasteiger partial charge in [0.1, 0.15) is 17.2 Å². The summed E-state index contributed by atoms with van der Waals surface area (Å²) in [4.78, 5) is 0. The topological polar surface area (TPSA) is 72.0 Å². The summed E-state index contributed by atoms with van der Waals surface area (Å²) in [5.74, 6) is 2.60. The molecule has 0 saturated carbocycles. The van der Waals surface area contributed by atoms with Gasteiger partial charge in [-0.05, 0) is 124 Å². The van der Waals surface area contributed by atoms with E-state index in [1.807, 2.05) is 92.7 Å². The molecule has 4 aromatic carbocycles. The Morgan fingerprint density at radius 1 is 0.605 bits per heavy atom. The van der Waals surface area contributed by atoms with Crippen LogP contribution in [0.3, 0.4) is 0 Å². The molecule has 4 aromatic rings. The monoisotopic (exact) mass is 610 g/mol. The van der Waals surface area contributed by atoms with Crippen LogP contribution in [0.1, 0.15) is 37.8 Å². The molecule has 4 rings (SSSR count). The Kier molecular flexibility index (Phi) is 18.1. The quantitative estimate of drug-likeness (QED) is 0.0788. The third-order valence-corrected chi connectivity index (χ3v) is 6.35. The van der Waals surface area contributed by atoms with Crippen LogP contribution in [0.2, 0.25) is 0 Å². The molecule has 0 aliphatic carbocycles. The van der Waals surface area contributed by atoms with Gasteiger partial charge in [-0.2, -0.15) is 0 Å². The van der Waals surface area contributed by atoms with Crippen molar-refractivity contribution in [3.8, 4) is 17.2 Å². The van der Waals surface area contributed by atoms with Crippen molar-refractivity contribution in [2.45, 2.75) is 39.5 Å². The van der Waals surface area contributed by atoms with Crippen molar-refractivity contribution < 1.29 is 19.3 Å². The standard InChI is InChI=1S/C18H22O2.C17H20N2O2S.Na.H/c19-14-13-17-9-11-18(12-10-17)20-15-5-4-8-16-6-2-1-3-7-16;1-3-20-15-9-5-13(6-10-15)18-17(22)19-14-7-11-16(12-8-14)21-4-2;;/h1-3,6-7,9-12,19H,4-5,8,13-15H2;5-12H,3-4H2,1-2H3,(H2,18,19,22);;. The summed E-state index contributed by atoms with van der Waals surface area (Å²) < 4.78 is 16.5. The summed E-state index contributed by atoms with van der Waals surface area (Å²) in [6.45, 7) is 6.19. The fourth-order valence-electron chi connectivity index (χ4n) is 4.04. The Labute approximate surface area is 284 Å². The van der Waals surface area contributed by atoms with E-state index in [9.17, 15) is 0 Å². The van der Waals surface area contributed by atoms with E-state index < -0.39 is 0 Å². The van der Waals surface area contributed by atoms with Crippen molar-refractivity contribution in [2.24, 2.45) is 0 Å². The molecule has 224 valence electrons. The van der Waals surface area contributed by atoms with Gasteiger partial charge in [-0.1, -0.05) is 42.5 Å². The number of nitrogens with one attached hydrogen (secondary N) is 2. The second-order valence-electron chi connectivity index (χ2n) is 9.40. The Morgan fingerprint density at radius 3 is 1.56 bits per heavy atom. The van der Waals surface area contributed by atoms with Crippen LogP contribution in [0.15, 0.2) is 103 Å². The van der Waals surface area contributed by atoms with Gasteiger partial charge in [0, 0.05) is 18.0 Å². The zero-order valence-electron chi connectivity index (χ0n) is 24.6. The molecule has 0 bridgehead atoms. The molecule has 0 saturated heterocycles. The van der Waals surface area contributed by atoms with Crippen LogP contribution < -0.4 is 24.8 Å². The first-order chi connectivity index (χ1) is 20.6. The van der Waals surface area contributed by atoms with Crippen molar-refractivity contribution in [1.82, 2.24) is 0 Å². The van der Waals surface area contributed by atoms with Gasteiger partial charge in [-0.15, -0.1) is 0 Å². The molecular weight excluding hydrogens is 567 g/mol. The molecule has 0 spiro atoms. The molecule has 0 unspecified atom stereocenters. The van der Waals surface area contributed by atoms with E-state index >= 15 is 0 Å². The first-order valence-corrected chi connectivity index (χ1v) is 14.9. The Morgan fingerprint density at radius 2 is 1.07 bits per heavy atom. The maximum atomic E-state index is 8.85. The first kappa shape index (κ1) is 36.1. The average molecular weight is 611 g/mol. The van der Waals surface area contributed by atoms with Gasteiger partial charge in [-0.25, -0.2) is 0 Å². The van der Waals surface area contributed by atoms with Crippen LogP contribution in [-0.4, -0.2) is 66.2 Å². The molecule has 3 N–H and O–H groups in total. The van der Waals surface area contributed by atoms with Crippen LogP contribution in [0.25, 0.3) is 0 Å². The Balaban J connectivity index is 0.000000295. The zero-order chi connectivity index (χ0) is 29.8. The number of hydrogen-bond acceptors (Lipinski definition) is 5. The Hall–Kier alpha value is -3.07. The van der Waals surface area contributed by atoms with E-state index in [1.54, 1.807) is 0 Å². The molecule has 0 aliphatic heterocycles.